The van der Waals surface area contributed by atoms with E-state index in [0.717, 1.165) is 5.52 Å². The van der Waals surface area contributed by atoms with Gasteiger partial charge >= 0.3 is 0 Å². The highest BCUT2D eigenvalue weighted by molar-refractivity contribution is 8.93. The fourth-order valence-electron chi connectivity index (χ4n) is 2.08. The Morgan fingerprint density at radius 3 is 2.56 bits per heavy atom. The smallest absolute Gasteiger partial charge is 0.186 e. The molecule has 16 heavy (non-hydrogen) atoms. The number of fused-ring (bicyclic) bond motifs is 1. The molecule has 86 valence electrons. The fourth-order valence-corrected chi connectivity index (χ4v) is 3.10. The predicted octanol–water partition coefficient (Wildman–Crippen LogP) is 3.86. The molecule has 0 spiro atoms. The van der Waals surface area contributed by atoms with Crippen LogP contribution in [0.3, 0.4) is 0 Å². The number of piperidine rings is 1. The van der Waals surface area contributed by atoms with Crippen molar-refractivity contribution in [1.82, 2.24) is 4.98 Å². The van der Waals surface area contributed by atoms with Crippen LogP contribution in [0.4, 0.5) is 5.13 Å². The lowest BCUT2D eigenvalue weighted by atomic mass is 10.1. The first kappa shape index (κ1) is 11.9. The lowest BCUT2D eigenvalue weighted by Crippen LogP contribution is -2.29. The Kier molecular flexibility index (Phi) is 3.82. The van der Waals surface area contributed by atoms with Crippen LogP contribution >= 0.6 is 28.3 Å². The molecule has 0 bridgehead atoms. The van der Waals surface area contributed by atoms with Crippen molar-refractivity contribution in [3.63, 3.8) is 0 Å². The monoisotopic (exact) mass is 298 g/mol. The minimum absolute atomic E-state index is 0. The molecular weight excluding hydrogens is 284 g/mol. The number of anilines is 1. The molecule has 2 aromatic rings. The maximum Gasteiger partial charge on any atom is 0.186 e. The molecule has 1 fully saturated rings. The van der Waals surface area contributed by atoms with E-state index in [0.29, 0.717) is 0 Å². The van der Waals surface area contributed by atoms with Crippen LogP contribution < -0.4 is 4.90 Å². The SMILES string of the molecule is Br.c1ccc2sc(N3CCCCC3)nc2c1. The lowest BCUT2D eigenvalue weighted by molar-refractivity contribution is 0.577. The molecule has 1 aromatic carbocycles. The molecule has 0 N–H and O–H groups in total. The maximum absolute atomic E-state index is 4.68. The van der Waals surface area contributed by atoms with Crippen molar-refractivity contribution < 1.29 is 0 Å². The first-order valence-electron chi connectivity index (χ1n) is 5.54. The Balaban J connectivity index is 0.000000963. The molecule has 1 aliphatic rings. The Morgan fingerprint density at radius 2 is 1.81 bits per heavy atom. The molecule has 0 aliphatic carbocycles. The van der Waals surface area contributed by atoms with E-state index in [9.17, 15) is 0 Å². The molecule has 0 radical (unpaired) electrons. The van der Waals surface area contributed by atoms with Crippen LogP contribution in [0.25, 0.3) is 10.2 Å². The predicted molar refractivity (Wildman–Crippen MR) is 76.0 cm³/mol. The highest BCUT2D eigenvalue weighted by atomic mass is 79.9. The number of hydrogen-bond acceptors (Lipinski definition) is 3. The quantitative estimate of drug-likeness (QED) is 0.795. The zero-order valence-electron chi connectivity index (χ0n) is 9.06. The second kappa shape index (κ2) is 5.15. The van der Waals surface area contributed by atoms with Gasteiger partial charge in [0.25, 0.3) is 0 Å². The normalized spacial score (nSPS) is 16.1. The summed E-state index contributed by atoms with van der Waals surface area (Å²) in [4.78, 5) is 7.11. The zero-order valence-corrected chi connectivity index (χ0v) is 11.6. The molecule has 1 aliphatic heterocycles. The Bertz CT molecular complexity index is 430. The molecule has 0 amide bonds. The van der Waals surface area contributed by atoms with E-state index in [1.54, 1.807) is 0 Å². The van der Waals surface area contributed by atoms with Crippen molar-refractivity contribution in [3.05, 3.63) is 24.3 Å². The van der Waals surface area contributed by atoms with E-state index >= 15 is 0 Å². The first-order chi connectivity index (χ1) is 7.43. The van der Waals surface area contributed by atoms with Gasteiger partial charge in [0.1, 0.15) is 0 Å². The summed E-state index contributed by atoms with van der Waals surface area (Å²) >= 11 is 1.82. The van der Waals surface area contributed by atoms with Gasteiger partial charge in [-0.3, -0.25) is 0 Å². The zero-order chi connectivity index (χ0) is 10.1. The molecule has 1 aromatic heterocycles. The van der Waals surface area contributed by atoms with Crippen molar-refractivity contribution >= 4 is 43.7 Å². The van der Waals surface area contributed by atoms with Gasteiger partial charge in [0.15, 0.2) is 5.13 Å². The number of thiazole rings is 1. The van der Waals surface area contributed by atoms with Gasteiger partial charge in [0.2, 0.25) is 0 Å². The number of aromatic nitrogens is 1. The van der Waals surface area contributed by atoms with E-state index in [2.05, 4.69) is 34.1 Å². The van der Waals surface area contributed by atoms with Crippen molar-refractivity contribution in [2.75, 3.05) is 18.0 Å². The van der Waals surface area contributed by atoms with Gasteiger partial charge in [0.05, 0.1) is 10.2 Å². The topological polar surface area (TPSA) is 16.1 Å². The maximum atomic E-state index is 4.68. The minimum atomic E-state index is 0. The molecule has 2 heterocycles. The first-order valence-corrected chi connectivity index (χ1v) is 6.36. The summed E-state index contributed by atoms with van der Waals surface area (Å²) in [6.07, 6.45) is 4.01. The summed E-state index contributed by atoms with van der Waals surface area (Å²) < 4.78 is 1.30. The molecule has 3 rings (SSSR count). The second-order valence-corrected chi connectivity index (χ2v) is 5.02. The lowest BCUT2D eigenvalue weighted by Gasteiger charge is -2.25. The third-order valence-electron chi connectivity index (χ3n) is 2.91. The summed E-state index contributed by atoms with van der Waals surface area (Å²) in [5, 5.41) is 1.20. The van der Waals surface area contributed by atoms with Crippen LogP contribution in [-0.2, 0) is 0 Å². The third-order valence-corrected chi connectivity index (χ3v) is 4.01. The highest BCUT2D eigenvalue weighted by Gasteiger charge is 2.14. The third kappa shape index (κ3) is 2.23. The standard InChI is InChI=1S/C12H14N2S.BrH/c1-4-8-14(9-5-1)12-13-10-6-2-3-7-11(10)15-12;/h2-3,6-7H,1,4-5,8-9H2;1H. The molecule has 0 atom stereocenters. The molecular formula is C12H15BrN2S. The van der Waals surface area contributed by atoms with Gasteiger partial charge in [-0.25, -0.2) is 4.98 Å². The average Bonchev–Trinajstić information content (AvgIpc) is 2.74. The van der Waals surface area contributed by atoms with Gasteiger partial charge in [-0.2, -0.15) is 0 Å². The van der Waals surface area contributed by atoms with E-state index < -0.39 is 0 Å². The number of nitrogens with zero attached hydrogens (tertiary/aromatic N) is 2. The van der Waals surface area contributed by atoms with Gasteiger partial charge in [-0.05, 0) is 31.4 Å². The van der Waals surface area contributed by atoms with Crippen LogP contribution in [0.15, 0.2) is 24.3 Å². The fraction of sp³-hybridized carbons (Fsp3) is 0.417. The number of halogens is 1. The van der Waals surface area contributed by atoms with Gasteiger partial charge < -0.3 is 4.90 Å². The van der Waals surface area contributed by atoms with Crippen LogP contribution in [0.1, 0.15) is 19.3 Å². The largest absolute Gasteiger partial charge is 0.348 e. The van der Waals surface area contributed by atoms with E-state index in [-0.39, 0.29) is 17.0 Å². The van der Waals surface area contributed by atoms with Crippen LogP contribution in [0, 0.1) is 0 Å². The molecule has 2 nitrogen and oxygen atoms in total. The van der Waals surface area contributed by atoms with Crippen LogP contribution in [0.5, 0.6) is 0 Å². The van der Waals surface area contributed by atoms with E-state index in [1.165, 1.54) is 42.2 Å². The Labute approximate surface area is 110 Å². The number of para-hydroxylation sites is 1. The van der Waals surface area contributed by atoms with Crippen molar-refractivity contribution in [3.8, 4) is 0 Å². The summed E-state index contributed by atoms with van der Waals surface area (Å²) in [5.41, 5.74) is 1.14. The molecule has 4 heteroatoms. The van der Waals surface area contributed by atoms with Crippen molar-refractivity contribution in [1.29, 1.82) is 0 Å². The van der Waals surface area contributed by atoms with Crippen LogP contribution in [0.2, 0.25) is 0 Å². The van der Waals surface area contributed by atoms with Crippen molar-refractivity contribution in [2.24, 2.45) is 0 Å². The van der Waals surface area contributed by atoms with Gasteiger partial charge in [-0.15, -0.1) is 17.0 Å². The highest BCUT2D eigenvalue weighted by Crippen LogP contribution is 2.29. The molecule has 1 saturated heterocycles. The molecule has 0 saturated carbocycles. The summed E-state index contributed by atoms with van der Waals surface area (Å²) in [6.45, 7) is 2.36. The van der Waals surface area contributed by atoms with E-state index in [4.69, 9.17) is 0 Å². The number of benzene rings is 1. The van der Waals surface area contributed by atoms with Gasteiger partial charge in [0, 0.05) is 13.1 Å². The van der Waals surface area contributed by atoms with Crippen LogP contribution in [-0.4, -0.2) is 18.1 Å². The second-order valence-electron chi connectivity index (χ2n) is 4.01. The number of hydrogen-bond donors (Lipinski definition) is 0. The van der Waals surface area contributed by atoms with Gasteiger partial charge in [-0.1, -0.05) is 23.5 Å². The van der Waals surface area contributed by atoms with Crippen molar-refractivity contribution in [2.45, 2.75) is 19.3 Å². The van der Waals surface area contributed by atoms with E-state index in [1.807, 2.05) is 11.3 Å². The average molecular weight is 299 g/mol. The summed E-state index contributed by atoms with van der Waals surface area (Å²) in [7, 11) is 0. The molecule has 0 unspecified atom stereocenters. The summed E-state index contributed by atoms with van der Waals surface area (Å²) in [5.74, 6) is 0. The number of rotatable bonds is 1. The Hall–Kier alpha value is -0.610. The summed E-state index contributed by atoms with van der Waals surface area (Å²) in [6, 6.07) is 8.39. The Morgan fingerprint density at radius 1 is 1.06 bits per heavy atom. The minimum Gasteiger partial charge on any atom is -0.348 e.